The van der Waals surface area contributed by atoms with Crippen LogP contribution in [0, 0.1) is 5.82 Å². The molecule has 0 aromatic carbocycles. The number of halogens is 4. The first-order valence-electron chi connectivity index (χ1n) is 10.1. The first-order valence-corrected chi connectivity index (χ1v) is 10.1. The summed E-state index contributed by atoms with van der Waals surface area (Å²) in [5, 5.41) is 4.13. The van der Waals surface area contributed by atoms with Crippen LogP contribution >= 0.6 is 0 Å². The second kappa shape index (κ2) is 8.41. The van der Waals surface area contributed by atoms with E-state index in [1.54, 1.807) is 28.9 Å². The van der Waals surface area contributed by atoms with Gasteiger partial charge in [0, 0.05) is 43.8 Å². The first-order chi connectivity index (χ1) is 15.2. The highest BCUT2D eigenvalue weighted by Crippen LogP contribution is 2.35. The van der Waals surface area contributed by atoms with Gasteiger partial charge in [-0.1, -0.05) is 0 Å². The number of ether oxygens (including phenoxy) is 1. The number of anilines is 1. The average Bonchev–Trinajstić information content (AvgIpc) is 3.34. The van der Waals surface area contributed by atoms with Gasteiger partial charge < -0.3 is 9.64 Å². The van der Waals surface area contributed by atoms with Crippen LogP contribution in [0.5, 0.6) is 0 Å². The molecule has 172 valence electrons. The second-order valence-corrected chi connectivity index (χ2v) is 7.57. The topological polar surface area (TPSA) is 70.1 Å². The fourth-order valence-corrected chi connectivity index (χ4v) is 3.61. The molecule has 0 unspecified atom stereocenters. The normalized spacial score (nSPS) is 17.2. The molecule has 1 aliphatic rings. The maximum atomic E-state index is 14.9. The Kier molecular flexibility index (Phi) is 5.80. The fraction of sp³-hybridized carbons (Fsp3) is 0.450. The van der Waals surface area contributed by atoms with Gasteiger partial charge in [0.15, 0.2) is 11.6 Å². The van der Waals surface area contributed by atoms with Gasteiger partial charge in [0.1, 0.15) is 5.82 Å². The lowest BCUT2D eigenvalue weighted by molar-refractivity contribution is -0.140. The predicted molar refractivity (Wildman–Crippen MR) is 107 cm³/mol. The van der Waals surface area contributed by atoms with Crippen molar-refractivity contribution in [2.24, 2.45) is 0 Å². The standard InChI is InChI=1S/C20H22F4N6O2/c1-3-29-12-14(9-25-29)11-28-4-5-30(19(28)31)18-17(21)15(20(22,23)24)8-16(26-18)27-6-7-32-13(2)10-27/h4-5,8-9,12-13H,3,6-7,10-11H2,1-2H3/t13-/m1/s1. The largest absolute Gasteiger partial charge is 0.419 e. The zero-order chi connectivity index (χ0) is 23.0. The van der Waals surface area contributed by atoms with Gasteiger partial charge in [0.05, 0.1) is 31.0 Å². The number of hydrogen-bond acceptors (Lipinski definition) is 5. The minimum atomic E-state index is -4.95. The van der Waals surface area contributed by atoms with Gasteiger partial charge in [-0.05, 0) is 19.9 Å². The summed E-state index contributed by atoms with van der Waals surface area (Å²) in [5.74, 6) is -2.35. The molecule has 0 amide bonds. The summed E-state index contributed by atoms with van der Waals surface area (Å²) in [6.07, 6.45) is 0.766. The van der Waals surface area contributed by atoms with E-state index in [1.807, 2.05) is 6.92 Å². The van der Waals surface area contributed by atoms with Gasteiger partial charge in [-0.25, -0.2) is 18.7 Å². The summed E-state index contributed by atoms with van der Waals surface area (Å²) in [6.45, 7) is 5.39. The van der Waals surface area contributed by atoms with Crippen LogP contribution in [0.15, 0.2) is 35.6 Å². The number of aryl methyl sites for hydroxylation is 1. The Hall–Kier alpha value is -3.15. The molecule has 12 heteroatoms. The lowest BCUT2D eigenvalue weighted by Gasteiger charge is -2.32. The molecule has 4 heterocycles. The number of nitrogens with zero attached hydrogens (tertiary/aromatic N) is 6. The minimum Gasteiger partial charge on any atom is -0.375 e. The molecule has 1 saturated heterocycles. The third-order valence-electron chi connectivity index (χ3n) is 5.24. The van der Waals surface area contributed by atoms with Crippen LogP contribution in [0.2, 0.25) is 0 Å². The SMILES string of the molecule is CCn1cc(Cn2ccn(-c3nc(N4CCO[C@H](C)C4)cc(C(F)(F)F)c3F)c2=O)cn1. The molecular weight excluding hydrogens is 432 g/mol. The van der Waals surface area contributed by atoms with Crippen molar-refractivity contribution < 1.29 is 22.3 Å². The van der Waals surface area contributed by atoms with E-state index in [4.69, 9.17) is 4.74 Å². The van der Waals surface area contributed by atoms with Crippen molar-refractivity contribution in [1.29, 1.82) is 0 Å². The zero-order valence-electron chi connectivity index (χ0n) is 17.5. The van der Waals surface area contributed by atoms with Gasteiger partial charge in [0.2, 0.25) is 0 Å². The second-order valence-electron chi connectivity index (χ2n) is 7.57. The first kappa shape index (κ1) is 22.1. The maximum absolute atomic E-state index is 14.9. The summed E-state index contributed by atoms with van der Waals surface area (Å²) < 4.78 is 64.8. The van der Waals surface area contributed by atoms with E-state index in [1.165, 1.54) is 17.0 Å². The molecule has 1 atom stereocenters. The number of pyridine rings is 1. The van der Waals surface area contributed by atoms with Crippen LogP contribution in [0.3, 0.4) is 0 Å². The number of hydrogen-bond donors (Lipinski definition) is 0. The molecule has 32 heavy (non-hydrogen) atoms. The van der Waals surface area contributed by atoms with E-state index >= 15 is 0 Å². The Balaban J connectivity index is 1.76. The maximum Gasteiger partial charge on any atom is 0.419 e. The molecule has 4 rings (SSSR count). The summed E-state index contributed by atoms with van der Waals surface area (Å²) in [7, 11) is 0. The lowest BCUT2D eigenvalue weighted by atomic mass is 10.2. The van der Waals surface area contributed by atoms with Gasteiger partial charge in [-0.2, -0.15) is 18.3 Å². The monoisotopic (exact) mass is 454 g/mol. The van der Waals surface area contributed by atoms with Crippen molar-refractivity contribution in [2.45, 2.75) is 39.2 Å². The van der Waals surface area contributed by atoms with Crippen molar-refractivity contribution >= 4 is 5.82 Å². The van der Waals surface area contributed by atoms with Gasteiger partial charge >= 0.3 is 11.9 Å². The van der Waals surface area contributed by atoms with Crippen molar-refractivity contribution in [1.82, 2.24) is 23.9 Å². The van der Waals surface area contributed by atoms with E-state index in [9.17, 15) is 22.4 Å². The lowest BCUT2D eigenvalue weighted by Crippen LogP contribution is -2.42. The molecule has 1 fully saturated rings. The quantitative estimate of drug-likeness (QED) is 0.555. The van der Waals surface area contributed by atoms with Gasteiger partial charge in [-0.3, -0.25) is 9.25 Å². The summed E-state index contributed by atoms with van der Waals surface area (Å²) in [4.78, 5) is 18.6. The third-order valence-corrected chi connectivity index (χ3v) is 5.24. The molecule has 3 aromatic rings. The Bertz CT molecular complexity index is 1170. The molecule has 8 nitrogen and oxygen atoms in total. The van der Waals surface area contributed by atoms with Crippen LogP contribution < -0.4 is 10.6 Å². The Morgan fingerprint density at radius 2 is 2.06 bits per heavy atom. The molecule has 0 aliphatic carbocycles. The van der Waals surface area contributed by atoms with E-state index in [0.717, 1.165) is 10.1 Å². The predicted octanol–water partition coefficient (Wildman–Crippen LogP) is 2.68. The van der Waals surface area contributed by atoms with Crippen LogP contribution in [-0.2, 0) is 24.0 Å². The van der Waals surface area contributed by atoms with Gasteiger partial charge in [-0.15, -0.1) is 0 Å². The summed E-state index contributed by atoms with van der Waals surface area (Å²) in [6, 6.07) is 0.679. The Morgan fingerprint density at radius 1 is 1.28 bits per heavy atom. The van der Waals surface area contributed by atoms with Crippen molar-refractivity contribution in [3.05, 3.63) is 58.3 Å². The molecular formula is C20H22F4N6O2. The smallest absolute Gasteiger partial charge is 0.375 e. The third kappa shape index (κ3) is 4.27. The number of aromatic nitrogens is 5. The van der Waals surface area contributed by atoms with E-state index < -0.39 is 29.1 Å². The van der Waals surface area contributed by atoms with E-state index in [2.05, 4.69) is 10.1 Å². The van der Waals surface area contributed by atoms with Crippen LogP contribution in [-0.4, -0.2) is 49.7 Å². The highest BCUT2D eigenvalue weighted by molar-refractivity contribution is 5.49. The molecule has 0 bridgehead atoms. The highest BCUT2D eigenvalue weighted by Gasteiger charge is 2.38. The molecule has 3 aromatic heterocycles. The zero-order valence-corrected chi connectivity index (χ0v) is 17.5. The fourth-order valence-electron chi connectivity index (χ4n) is 3.61. The van der Waals surface area contributed by atoms with Gasteiger partial charge in [0.25, 0.3) is 0 Å². The van der Waals surface area contributed by atoms with Crippen molar-refractivity contribution in [3.63, 3.8) is 0 Å². The average molecular weight is 454 g/mol. The Morgan fingerprint density at radius 3 is 2.72 bits per heavy atom. The molecule has 0 N–H and O–H groups in total. The van der Waals surface area contributed by atoms with Crippen LogP contribution in [0.1, 0.15) is 25.0 Å². The summed E-state index contributed by atoms with van der Waals surface area (Å²) >= 11 is 0. The Labute approximate surface area is 180 Å². The van der Waals surface area contributed by atoms with Crippen LogP contribution in [0.25, 0.3) is 5.82 Å². The number of imidazole rings is 1. The number of morpholine rings is 1. The van der Waals surface area contributed by atoms with E-state index in [-0.39, 0.29) is 18.5 Å². The highest BCUT2D eigenvalue weighted by atomic mass is 19.4. The molecule has 0 radical (unpaired) electrons. The number of rotatable bonds is 5. The molecule has 0 spiro atoms. The van der Waals surface area contributed by atoms with E-state index in [0.29, 0.717) is 32.3 Å². The molecule has 0 saturated carbocycles. The summed E-state index contributed by atoms with van der Waals surface area (Å²) in [5.41, 5.74) is -1.45. The van der Waals surface area contributed by atoms with Crippen molar-refractivity contribution in [3.8, 4) is 5.82 Å². The van der Waals surface area contributed by atoms with Crippen LogP contribution in [0.4, 0.5) is 23.4 Å². The molecule has 1 aliphatic heterocycles. The number of alkyl halides is 3. The minimum absolute atomic E-state index is 0.0623. The van der Waals surface area contributed by atoms with Crippen molar-refractivity contribution in [2.75, 3.05) is 24.6 Å².